The number of carbonyl (C=O) groups is 1. The summed E-state index contributed by atoms with van der Waals surface area (Å²) in [5.74, 6) is 0.233. The number of thiazole rings is 1. The maximum atomic E-state index is 13.2. The van der Waals surface area contributed by atoms with Crippen LogP contribution in [0.15, 0.2) is 64.4 Å². The largest absolute Gasteiger partial charge is 0.326 e. The Morgan fingerprint density at radius 2 is 1.76 bits per heavy atom. The van der Waals surface area contributed by atoms with E-state index in [1.807, 2.05) is 30.3 Å². The molecule has 0 bridgehead atoms. The lowest BCUT2D eigenvalue weighted by molar-refractivity contribution is -0.119. The summed E-state index contributed by atoms with van der Waals surface area (Å²) < 4.78 is 0. The van der Waals surface area contributed by atoms with E-state index in [1.165, 1.54) is 16.9 Å². The fourth-order valence-corrected chi connectivity index (χ4v) is 6.06. The minimum Gasteiger partial charge on any atom is -0.326 e. The van der Waals surface area contributed by atoms with Crippen LogP contribution in [0.1, 0.15) is 42.7 Å². The molecular formula is C23H24N2O2S2. The molecular weight excluding hydrogens is 400 g/mol. The molecule has 1 aliphatic rings. The molecule has 3 aromatic rings. The second kappa shape index (κ2) is 7.84. The van der Waals surface area contributed by atoms with Gasteiger partial charge in [-0.25, -0.2) is 0 Å². The summed E-state index contributed by atoms with van der Waals surface area (Å²) in [7, 11) is 0. The molecule has 0 saturated carbocycles. The molecule has 2 atom stereocenters. The summed E-state index contributed by atoms with van der Waals surface area (Å²) in [6.45, 7) is 6.56. The third-order valence-electron chi connectivity index (χ3n) is 5.25. The van der Waals surface area contributed by atoms with E-state index < -0.39 is 0 Å². The van der Waals surface area contributed by atoms with Gasteiger partial charge in [-0.05, 0) is 28.7 Å². The van der Waals surface area contributed by atoms with Crippen LogP contribution in [-0.2, 0) is 10.2 Å². The smallest absolute Gasteiger partial charge is 0.305 e. The number of thioether (sulfide) groups is 1. The van der Waals surface area contributed by atoms with Gasteiger partial charge >= 0.3 is 4.87 Å². The van der Waals surface area contributed by atoms with Gasteiger partial charge in [-0.2, -0.15) is 0 Å². The molecule has 0 aliphatic carbocycles. The topological polar surface area (TPSA) is 62.0 Å². The van der Waals surface area contributed by atoms with Crippen LogP contribution in [0.3, 0.4) is 0 Å². The zero-order chi connectivity index (χ0) is 20.6. The Labute approximate surface area is 178 Å². The van der Waals surface area contributed by atoms with Crippen molar-refractivity contribution in [3.63, 3.8) is 0 Å². The van der Waals surface area contributed by atoms with Crippen LogP contribution in [0.25, 0.3) is 0 Å². The molecule has 1 amide bonds. The summed E-state index contributed by atoms with van der Waals surface area (Å²) in [5.41, 5.74) is 3.18. The van der Waals surface area contributed by atoms with Crippen molar-refractivity contribution < 1.29 is 4.79 Å². The average Bonchev–Trinajstić information content (AvgIpc) is 3.07. The van der Waals surface area contributed by atoms with E-state index >= 15 is 0 Å². The number of rotatable bonds is 3. The van der Waals surface area contributed by atoms with Crippen LogP contribution in [0.5, 0.6) is 0 Å². The van der Waals surface area contributed by atoms with Gasteiger partial charge < -0.3 is 10.3 Å². The molecule has 0 spiro atoms. The van der Waals surface area contributed by atoms with Crippen molar-refractivity contribution in [3.8, 4) is 0 Å². The van der Waals surface area contributed by atoms with Gasteiger partial charge in [0, 0.05) is 22.2 Å². The van der Waals surface area contributed by atoms with Crippen LogP contribution in [0.2, 0.25) is 0 Å². The Morgan fingerprint density at radius 1 is 1.07 bits per heavy atom. The zero-order valence-corrected chi connectivity index (χ0v) is 18.3. The first-order chi connectivity index (χ1) is 13.8. The van der Waals surface area contributed by atoms with Crippen LogP contribution < -0.4 is 10.2 Å². The van der Waals surface area contributed by atoms with Gasteiger partial charge in [0.2, 0.25) is 5.91 Å². The van der Waals surface area contributed by atoms with Crippen LogP contribution in [0.4, 0.5) is 5.69 Å². The maximum absolute atomic E-state index is 13.2. The van der Waals surface area contributed by atoms with E-state index in [0.29, 0.717) is 5.75 Å². The number of amides is 1. The molecule has 1 aliphatic heterocycles. The van der Waals surface area contributed by atoms with Gasteiger partial charge in [0.1, 0.15) is 0 Å². The van der Waals surface area contributed by atoms with E-state index in [9.17, 15) is 9.59 Å². The number of aromatic nitrogens is 1. The van der Waals surface area contributed by atoms with Crippen molar-refractivity contribution in [2.24, 2.45) is 5.92 Å². The van der Waals surface area contributed by atoms with Crippen molar-refractivity contribution in [1.29, 1.82) is 0 Å². The standard InChI is InChI=1S/C23H24N2O2S2/c1-23(2,3)15-11-9-14(10-12-15)18-17(13-28-21-19(18)29-22(27)25-21)20(26)24-16-7-5-4-6-8-16/h4-12,17-18H,13H2,1-3H3,(H,24,26)(H,25,27). The Morgan fingerprint density at radius 3 is 2.41 bits per heavy atom. The molecule has 0 fully saturated rings. The molecule has 2 aromatic carbocycles. The number of fused-ring (bicyclic) bond motifs is 1. The van der Waals surface area contributed by atoms with E-state index in [0.717, 1.165) is 21.2 Å². The van der Waals surface area contributed by atoms with Crippen molar-refractivity contribution in [3.05, 3.63) is 80.3 Å². The number of para-hydroxylation sites is 1. The number of carbonyl (C=O) groups excluding carboxylic acids is 1. The number of hydrogen-bond donors (Lipinski definition) is 2. The molecule has 29 heavy (non-hydrogen) atoms. The molecule has 2 N–H and O–H groups in total. The minimum atomic E-state index is -0.250. The lowest BCUT2D eigenvalue weighted by Gasteiger charge is -2.30. The second-order valence-electron chi connectivity index (χ2n) is 8.33. The highest BCUT2D eigenvalue weighted by atomic mass is 32.2. The molecule has 150 valence electrons. The number of benzene rings is 2. The third kappa shape index (κ3) is 4.19. The minimum absolute atomic E-state index is 0.0138. The third-order valence-corrected chi connectivity index (χ3v) is 7.48. The maximum Gasteiger partial charge on any atom is 0.305 e. The van der Waals surface area contributed by atoms with Gasteiger partial charge in [0.05, 0.1) is 10.9 Å². The summed E-state index contributed by atoms with van der Waals surface area (Å²) in [4.78, 5) is 29.1. The van der Waals surface area contributed by atoms with Gasteiger partial charge in [-0.1, -0.05) is 74.6 Å². The summed E-state index contributed by atoms with van der Waals surface area (Å²) in [5, 5.41) is 3.95. The fraction of sp³-hybridized carbons (Fsp3) is 0.304. The highest BCUT2D eigenvalue weighted by molar-refractivity contribution is 7.99. The predicted molar refractivity (Wildman–Crippen MR) is 121 cm³/mol. The number of anilines is 1. The summed E-state index contributed by atoms with van der Waals surface area (Å²) in [6.07, 6.45) is 0. The van der Waals surface area contributed by atoms with Gasteiger partial charge in [-0.3, -0.25) is 9.59 Å². The fourth-order valence-electron chi connectivity index (χ4n) is 3.65. The number of H-pyrrole nitrogens is 1. The summed E-state index contributed by atoms with van der Waals surface area (Å²) in [6, 6.07) is 18.0. The normalized spacial score (nSPS) is 18.9. The molecule has 1 aromatic heterocycles. The average molecular weight is 425 g/mol. The van der Waals surface area contributed by atoms with Crippen molar-refractivity contribution in [2.45, 2.75) is 37.1 Å². The molecule has 2 unspecified atom stereocenters. The van der Waals surface area contributed by atoms with E-state index in [2.05, 4.69) is 55.3 Å². The van der Waals surface area contributed by atoms with Crippen LogP contribution in [-0.4, -0.2) is 16.6 Å². The van der Waals surface area contributed by atoms with E-state index in [4.69, 9.17) is 0 Å². The molecule has 2 heterocycles. The highest BCUT2D eigenvalue weighted by Gasteiger charge is 2.38. The first-order valence-corrected chi connectivity index (χ1v) is 11.5. The van der Waals surface area contributed by atoms with Crippen LogP contribution >= 0.6 is 23.1 Å². The van der Waals surface area contributed by atoms with Crippen molar-refractivity contribution >= 4 is 34.7 Å². The zero-order valence-electron chi connectivity index (χ0n) is 16.7. The lowest BCUT2D eigenvalue weighted by Crippen LogP contribution is -2.32. The summed E-state index contributed by atoms with van der Waals surface area (Å²) >= 11 is 2.77. The van der Waals surface area contributed by atoms with Gasteiger partial charge in [0.15, 0.2) is 0 Å². The lowest BCUT2D eigenvalue weighted by atomic mass is 9.82. The van der Waals surface area contributed by atoms with Gasteiger partial charge in [-0.15, -0.1) is 11.8 Å². The molecule has 0 radical (unpaired) electrons. The SMILES string of the molecule is CC(C)(C)c1ccc(C2c3sc(=O)[nH]c3SCC2C(=O)Nc2ccccc2)cc1. The number of nitrogens with one attached hydrogen (secondary N) is 2. The van der Waals surface area contributed by atoms with Crippen molar-refractivity contribution in [1.82, 2.24) is 4.98 Å². The van der Waals surface area contributed by atoms with E-state index in [1.54, 1.807) is 11.8 Å². The first-order valence-electron chi connectivity index (χ1n) is 9.65. The number of aromatic amines is 1. The molecule has 4 nitrogen and oxygen atoms in total. The monoisotopic (exact) mass is 424 g/mol. The number of hydrogen-bond acceptors (Lipinski definition) is 4. The molecule has 6 heteroatoms. The van der Waals surface area contributed by atoms with Crippen molar-refractivity contribution in [2.75, 3.05) is 11.1 Å². The Bertz CT molecular complexity index is 1060. The Hall–Kier alpha value is -2.31. The molecule has 4 rings (SSSR count). The first kappa shape index (κ1) is 20.0. The van der Waals surface area contributed by atoms with E-state index in [-0.39, 0.29) is 28.0 Å². The Kier molecular flexibility index (Phi) is 5.40. The Balaban J connectivity index is 1.71. The predicted octanol–water partition coefficient (Wildman–Crippen LogP) is 5.23. The highest BCUT2D eigenvalue weighted by Crippen LogP contribution is 2.45. The quantitative estimate of drug-likeness (QED) is 0.605. The molecule has 0 saturated heterocycles. The second-order valence-corrected chi connectivity index (χ2v) is 10.4. The van der Waals surface area contributed by atoms with Crippen LogP contribution in [0, 0.1) is 5.92 Å². The van der Waals surface area contributed by atoms with Gasteiger partial charge in [0.25, 0.3) is 0 Å².